The van der Waals surface area contributed by atoms with Crippen LogP contribution in [0, 0.1) is 0 Å². The number of hydrogen-bond acceptors (Lipinski definition) is 6. The lowest BCUT2D eigenvalue weighted by atomic mass is 10.2. The summed E-state index contributed by atoms with van der Waals surface area (Å²) in [6, 6.07) is 16.8. The van der Waals surface area contributed by atoms with Crippen LogP contribution in [0.4, 0.5) is 17.2 Å². The number of nitrogens with one attached hydrogen (secondary N) is 1. The second-order valence-corrected chi connectivity index (χ2v) is 6.33. The Morgan fingerprint density at radius 3 is 2.64 bits per heavy atom. The highest BCUT2D eigenvalue weighted by molar-refractivity contribution is 6.06. The van der Waals surface area contributed by atoms with Crippen LogP contribution in [0.1, 0.15) is 16.1 Å². The van der Waals surface area contributed by atoms with Gasteiger partial charge < -0.3 is 19.7 Å². The number of anilines is 3. The molecule has 142 valence electrons. The molecule has 1 amide bonds. The maximum absolute atomic E-state index is 12.8. The van der Waals surface area contributed by atoms with Gasteiger partial charge in [-0.15, -0.1) is 10.2 Å². The number of carbonyl (C=O) groups is 1. The van der Waals surface area contributed by atoms with E-state index < -0.39 is 0 Å². The van der Waals surface area contributed by atoms with E-state index in [1.54, 1.807) is 37.3 Å². The molecule has 1 aromatic heterocycles. The molecule has 1 N–H and O–H groups in total. The van der Waals surface area contributed by atoms with Gasteiger partial charge in [0.05, 0.1) is 19.9 Å². The maximum atomic E-state index is 12.8. The molecule has 0 spiro atoms. The normalized spacial score (nSPS) is 12.4. The van der Waals surface area contributed by atoms with E-state index in [0.29, 0.717) is 29.6 Å². The molecule has 3 aromatic rings. The quantitative estimate of drug-likeness (QED) is 0.735. The summed E-state index contributed by atoms with van der Waals surface area (Å²) >= 11 is 0. The van der Waals surface area contributed by atoms with Gasteiger partial charge in [0.2, 0.25) is 0 Å². The molecule has 0 atom stereocenters. The molecule has 0 saturated heterocycles. The van der Waals surface area contributed by atoms with Crippen molar-refractivity contribution in [2.24, 2.45) is 0 Å². The second-order valence-electron chi connectivity index (χ2n) is 6.33. The topological polar surface area (TPSA) is 76.6 Å². The molecular weight excluding hydrogens is 356 g/mol. The summed E-state index contributed by atoms with van der Waals surface area (Å²) in [4.78, 5) is 14.6. The number of aromatic nitrogens is 2. The van der Waals surface area contributed by atoms with E-state index in [1.165, 1.54) is 5.56 Å². The molecule has 1 aliphatic heterocycles. The summed E-state index contributed by atoms with van der Waals surface area (Å²) in [5.74, 6) is 1.68. The minimum atomic E-state index is -0.147. The fourth-order valence-electron chi connectivity index (χ4n) is 3.24. The van der Waals surface area contributed by atoms with Crippen molar-refractivity contribution in [3.05, 3.63) is 65.9 Å². The van der Waals surface area contributed by atoms with Crippen LogP contribution >= 0.6 is 0 Å². The Morgan fingerprint density at radius 2 is 1.89 bits per heavy atom. The molecule has 0 radical (unpaired) electrons. The van der Waals surface area contributed by atoms with Gasteiger partial charge in [0.1, 0.15) is 11.5 Å². The van der Waals surface area contributed by atoms with Crippen molar-refractivity contribution >= 4 is 23.1 Å². The fraction of sp³-hybridized carbons (Fsp3) is 0.190. The van der Waals surface area contributed by atoms with Gasteiger partial charge in [-0.1, -0.05) is 18.2 Å². The van der Waals surface area contributed by atoms with Crippen LogP contribution in [0.5, 0.6) is 11.5 Å². The SMILES string of the molecule is COc1ccc(Nc2ccc(C(=O)N3CCc4ccccc43)nn2)c(OC)c1. The molecule has 4 rings (SSSR count). The summed E-state index contributed by atoms with van der Waals surface area (Å²) in [5.41, 5.74) is 3.15. The maximum Gasteiger partial charge on any atom is 0.278 e. The van der Waals surface area contributed by atoms with Gasteiger partial charge >= 0.3 is 0 Å². The summed E-state index contributed by atoms with van der Waals surface area (Å²) in [7, 11) is 3.18. The smallest absolute Gasteiger partial charge is 0.278 e. The zero-order valence-electron chi connectivity index (χ0n) is 15.7. The van der Waals surface area contributed by atoms with Crippen LogP contribution in [-0.2, 0) is 6.42 Å². The first-order valence-electron chi connectivity index (χ1n) is 8.92. The fourth-order valence-corrected chi connectivity index (χ4v) is 3.24. The molecule has 0 saturated carbocycles. The number of para-hydroxylation sites is 1. The second kappa shape index (κ2) is 7.56. The summed E-state index contributed by atoms with van der Waals surface area (Å²) in [6.07, 6.45) is 0.853. The Bertz CT molecular complexity index is 1000. The average Bonchev–Trinajstić information content (AvgIpc) is 3.18. The predicted octanol–water partition coefficient (Wildman–Crippen LogP) is 3.44. The Kier molecular flexibility index (Phi) is 4.80. The molecule has 0 unspecified atom stereocenters. The number of fused-ring (bicyclic) bond motifs is 1. The van der Waals surface area contributed by atoms with E-state index in [2.05, 4.69) is 15.5 Å². The molecule has 2 heterocycles. The van der Waals surface area contributed by atoms with E-state index >= 15 is 0 Å². The average molecular weight is 376 g/mol. The zero-order valence-corrected chi connectivity index (χ0v) is 15.7. The first kappa shape index (κ1) is 17.8. The van der Waals surface area contributed by atoms with Crippen molar-refractivity contribution in [2.45, 2.75) is 6.42 Å². The van der Waals surface area contributed by atoms with Crippen molar-refractivity contribution < 1.29 is 14.3 Å². The third-order valence-electron chi connectivity index (χ3n) is 4.69. The van der Waals surface area contributed by atoms with Crippen molar-refractivity contribution in [1.29, 1.82) is 0 Å². The van der Waals surface area contributed by atoms with Gasteiger partial charge in [-0.2, -0.15) is 0 Å². The van der Waals surface area contributed by atoms with Gasteiger partial charge in [0, 0.05) is 18.3 Å². The molecule has 0 aliphatic carbocycles. The van der Waals surface area contributed by atoms with Crippen LogP contribution < -0.4 is 19.7 Å². The highest BCUT2D eigenvalue weighted by Crippen LogP contribution is 2.31. The predicted molar refractivity (Wildman–Crippen MR) is 107 cm³/mol. The molecule has 7 nitrogen and oxygen atoms in total. The number of benzene rings is 2. The molecule has 0 fully saturated rings. The van der Waals surface area contributed by atoms with Crippen LogP contribution in [0.15, 0.2) is 54.6 Å². The van der Waals surface area contributed by atoms with Crippen molar-refractivity contribution in [1.82, 2.24) is 10.2 Å². The summed E-state index contributed by atoms with van der Waals surface area (Å²) in [6.45, 7) is 0.656. The molecule has 28 heavy (non-hydrogen) atoms. The number of amides is 1. The van der Waals surface area contributed by atoms with Gasteiger partial charge in [0.25, 0.3) is 5.91 Å². The molecule has 2 aromatic carbocycles. The van der Waals surface area contributed by atoms with E-state index in [4.69, 9.17) is 9.47 Å². The first-order chi connectivity index (χ1) is 13.7. The van der Waals surface area contributed by atoms with Crippen molar-refractivity contribution in [3.63, 3.8) is 0 Å². The monoisotopic (exact) mass is 376 g/mol. The largest absolute Gasteiger partial charge is 0.497 e. The van der Waals surface area contributed by atoms with E-state index in [1.807, 2.05) is 36.4 Å². The number of hydrogen-bond donors (Lipinski definition) is 1. The van der Waals surface area contributed by atoms with Gasteiger partial charge in [-0.3, -0.25) is 4.79 Å². The number of methoxy groups -OCH3 is 2. The lowest BCUT2D eigenvalue weighted by Gasteiger charge is -2.16. The van der Waals surface area contributed by atoms with Crippen LogP contribution in [-0.4, -0.2) is 36.9 Å². The van der Waals surface area contributed by atoms with Gasteiger partial charge in [-0.25, -0.2) is 0 Å². The van der Waals surface area contributed by atoms with Crippen molar-refractivity contribution in [2.75, 3.05) is 31.0 Å². The Balaban J connectivity index is 1.51. The van der Waals surface area contributed by atoms with Crippen LogP contribution in [0.25, 0.3) is 0 Å². The minimum absolute atomic E-state index is 0.147. The lowest BCUT2D eigenvalue weighted by molar-refractivity contribution is 0.0983. The van der Waals surface area contributed by atoms with Gasteiger partial charge in [-0.05, 0) is 42.3 Å². The zero-order chi connectivity index (χ0) is 19.5. The Morgan fingerprint density at radius 1 is 1.04 bits per heavy atom. The molecule has 0 bridgehead atoms. The number of ether oxygens (including phenoxy) is 2. The summed E-state index contributed by atoms with van der Waals surface area (Å²) in [5, 5.41) is 11.4. The lowest BCUT2D eigenvalue weighted by Crippen LogP contribution is -2.29. The van der Waals surface area contributed by atoms with Gasteiger partial charge in [0.15, 0.2) is 11.5 Å². The van der Waals surface area contributed by atoms with E-state index in [-0.39, 0.29) is 5.91 Å². The van der Waals surface area contributed by atoms with E-state index in [0.717, 1.165) is 17.8 Å². The van der Waals surface area contributed by atoms with Crippen LogP contribution in [0.2, 0.25) is 0 Å². The third kappa shape index (κ3) is 3.34. The minimum Gasteiger partial charge on any atom is -0.497 e. The molecule has 1 aliphatic rings. The number of rotatable bonds is 5. The van der Waals surface area contributed by atoms with Crippen molar-refractivity contribution in [3.8, 4) is 11.5 Å². The highest BCUT2D eigenvalue weighted by atomic mass is 16.5. The Hall–Kier alpha value is -3.61. The Labute approximate surface area is 162 Å². The number of nitrogens with zero attached hydrogens (tertiary/aromatic N) is 3. The van der Waals surface area contributed by atoms with Crippen LogP contribution in [0.3, 0.4) is 0 Å². The first-order valence-corrected chi connectivity index (χ1v) is 8.92. The third-order valence-corrected chi connectivity index (χ3v) is 4.69. The molecule has 7 heteroatoms. The number of carbonyl (C=O) groups excluding carboxylic acids is 1. The summed E-state index contributed by atoms with van der Waals surface area (Å²) < 4.78 is 10.6. The highest BCUT2D eigenvalue weighted by Gasteiger charge is 2.26. The molecular formula is C21H20N4O3. The standard InChI is InChI=1S/C21H20N4O3/c1-27-15-7-8-16(19(13-15)28-2)22-20-10-9-17(23-24-20)21(26)25-12-11-14-5-3-4-6-18(14)25/h3-10,13H,11-12H2,1-2H3,(H,22,24). The van der Waals surface area contributed by atoms with E-state index in [9.17, 15) is 4.79 Å².